The molecular weight excluding hydrogens is 380 g/mol. The molecule has 0 aromatic heterocycles. The number of nitrogens with zero attached hydrogens (tertiary/aromatic N) is 1. The van der Waals surface area contributed by atoms with Crippen molar-refractivity contribution < 1.29 is 9.53 Å². The van der Waals surface area contributed by atoms with Crippen LogP contribution in [0.25, 0.3) is 0 Å². The number of halogens is 1. The van der Waals surface area contributed by atoms with Crippen LogP contribution in [0.5, 0.6) is 0 Å². The third-order valence-electron chi connectivity index (χ3n) is 4.47. The Balaban J connectivity index is 1.36. The van der Waals surface area contributed by atoms with E-state index in [1.807, 2.05) is 24.3 Å². The monoisotopic (exact) mass is 404 g/mol. The van der Waals surface area contributed by atoms with E-state index in [0.717, 1.165) is 54.8 Å². The summed E-state index contributed by atoms with van der Waals surface area (Å²) in [7, 11) is 0. The fraction of sp³-hybridized carbons (Fsp3) is 0.381. The molecule has 0 radical (unpaired) electrons. The highest BCUT2D eigenvalue weighted by Crippen LogP contribution is 2.20. The van der Waals surface area contributed by atoms with Gasteiger partial charge in [-0.25, -0.2) is 0 Å². The number of ether oxygens (including phenoxy) is 1. The maximum atomic E-state index is 12.0. The molecule has 0 saturated carbocycles. The predicted molar refractivity (Wildman–Crippen MR) is 112 cm³/mol. The van der Waals surface area contributed by atoms with Gasteiger partial charge in [-0.15, -0.1) is 11.8 Å². The van der Waals surface area contributed by atoms with Gasteiger partial charge >= 0.3 is 0 Å². The lowest BCUT2D eigenvalue weighted by molar-refractivity contribution is -0.118. The Kier molecular flexibility index (Phi) is 8.02. The number of benzene rings is 2. The lowest BCUT2D eigenvalue weighted by Crippen LogP contribution is -2.35. The molecule has 0 spiro atoms. The van der Waals surface area contributed by atoms with Crippen LogP contribution in [-0.4, -0.2) is 42.9 Å². The Morgan fingerprint density at radius 2 is 1.78 bits per heavy atom. The van der Waals surface area contributed by atoms with Gasteiger partial charge in [-0.3, -0.25) is 9.69 Å². The first-order valence-electron chi connectivity index (χ1n) is 9.16. The van der Waals surface area contributed by atoms with Crippen molar-refractivity contribution in [3.63, 3.8) is 0 Å². The van der Waals surface area contributed by atoms with Crippen LogP contribution in [0.1, 0.15) is 16.7 Å². The minimum Gasteiger partial charge on any atom is -0.379 e. The van der Waals surface area contributed by atoms with Gasteiger partial charge in [0.05, 0.1) is 19.0 Å². The summed E-state index contributed by atoms with van der Waals surface area (Å²) in [4.78, 5) is 14.4. The summed E-state index contributed by atoms with van der Waals surface area (Å²) in [5.74, 6) is 1.22. The number of morpholine rings is 1. The molecule has 1 saturated heterocycles. The van der Waals surface area contributed by atoms with Gasteiger partial charge < -0.3 is 10.1 Å². The normalized spacial score (nSPS) is 14.9. The molecule has 0 bridgehead atoms. The SMILES string of the molecule is O=C(CSCc1ccccc1Cl)NCc1ccc(CN2CCOCC2)cc1. The van der Waals surface area contributed by atoms with Crippen molar-refractivity contribution in [2.75, 3.05) is 32.1 Å². The van der Waals surface area contributed by atoms with Crippen molar-refractivity contribution in [1.82, 2.24) is 10.2 Å². The second-order valence-electron chi connectivity index (χ2n) is 6.57. The van der Waals surface area contributed by atoms with Crippen LogP contribution in [-0.2, 0) is 28.4 Å². The van der Waals surface area contributed by atoms with Gasteiger partial charge in [0, 0.05) is 37.0 Å². The molecule has 2 aromatic carbocycles. The summed E-state index contributed by atoms with van der Waals surface area (Å²) in [6, 6.07) is 16.2. The van der Waals surface area contributed by atoms with Gasteiger partial charge in [0.15, 0.2) is 0 Å². The number of carbonyl (C=O) groups excluding carboxylic acids is 1. The molecule has 4 nitrogen and oxygen atoms in total. The number of hydrogen-bond acceptors (Lipinski definition) is 4. The summed E-state index contributed by atoms with van der Waals surface area (Å²) in [5, 5.41) is 3.73. The summed E-state index contributed by atoms with van der Waals surface area (Å²) >= 11 is 7.71. The van der Waals surface area contributed by atoms with Crippen LogP contribution in [0.15, 0.2) is 48.5 Å². The molecule has 0 aliphatic carbocycles. The first kappa shape index (κ1) is 20.2. The van der Waals surface area contributed by atoms with E-state index in [2.05, 4.69) is 34.5 Å². The van der Waals surface area contributed by atoms with Crippen LogP contribution < -0.4 is 5.32 Å². The molecular formula is C21H25ClN2O2S. The Bertz CT molecular complexity index is 733. The predicted octanol–water partition coefficient (Wildman–Crippen LogP) is 3.72. The Labute approximate surface area is 170 Å². The quantitative estimate of drug-likeness (QED) is 0.728. The van der Waals surface area contributed by atoms with E-state index in [0.29, 0.717) is 12.3 Å². The summed E-state index contributed by atoms with van der Waals surface area (Å²) in [6.07, 6.45) is 0. The van der Waals surface area contributed by atoms with E-state index in [4.69, 9.17) is 16.3 Å². The van der Waals surface area contributed by atoms with E-state index in [-0.39, 0.29) is 5.91 Å². The van der Waals surface area contributed by atoms with Crippen molar-refractivity contribution in [2.45, 2.75) is 18.8 Å². The number of rotatable bonds is 8. The molecule has 1 heterocycles. The zero-order valence-corrected chi connectivity index (χ0v) is 16.9. The van der Waals surface area contributed by atoms with Gasteiger partial charge in [-0.1, -0.05) is 54.1 Å². The molecule has 144 valence electrons. The number of hydrogen-bond donors (Lipinski definition) is 1. The van der Waals surface area contributed by atoms with Crippen molar-refractivity contribution in [2.24, 2.45) is 0 Å². The lowest BCUT2D eigenvalue weighted by atomic mass is 10.1. The van der Waals surface area contributed by atoms with E-state index < -0.39 is 0 Å². The lowest BCUT2D eigenvalue weighted by Gasteiger charge is -2.26. The van der Waals surface area contributed by atoms with Crippen molar-refractivity contribution in [3.05, 3.63) is 70.2 Å². The van der Waals surface area contributed by atoms with E-state index in [1.54, 1.807) is 11.8 Å². The maximum Gasteiger partial charge on any atom is 0.230 e. The Morgan fingerprint density at radius 1 is 1.07 bits per heavy atom. The average Bonchev–Trinajstić information content (AvgIpc) is 2.70. The van der Waals surface area contributed by atoms with Crippen LogP contribution in [0.2, 0.25) is 5.02 Å². The molecule has 2 aromatic rings. The van der Waals surface area contributed by atoms with Crippen molar-refractivity contribution in [1.29, 1.82) is 0 Å². The first-order chi connectivity index (χ1) is 13.2. The van der Waals surface area contributed by atoms with Crippen LogP contribution >= 0.6 is 23.4 Å². The molecule has 1 N–H and O–H groups in total. The molecule has 3 rings (SSSR count). The number of thioether (sulfide) groups is 1. The zero-order valence-electron chi connectivity index (χ0n) is 15.3. The van der Waals surface area contributed by atoms with E-state index >= 15 is 0 Å². The third kappa shape index (κ3) is 6.85. The average molecular weight is 405 g/mol. The molecule has 1 fully saturated rings. The Hall–Kier alpha value is -1.53. The number of carbonyl (C=O) groups is 1. The fourth-order valence-electron chi connectivity index (χ4n) is 2.90. The van der Waals surface area contributed by atoms with E-state index in [1.165, 1.54) is 5.56 Å². The maximum absolute atomic E-state index is 12.0. The van der Waals surface area contributed by atoms with Crippen LogP contribution in [0.3, 0.4) is 0 Å². The van der Waals surface area contributed by atoms with Gasteiger partial charge in [0.2, 0.25) is 5.91 Å². The van der Waals surface area contributed by atoms with Crippen molar-refractivity contribution in [3.8, 4) is 0 Å². The Morgan fingerprint density at radius 3 is 2.52 bits per heavy atom. The molecule has 0 unspecified atom stereocenters. The smallest absolute Gasteiger partial charge is 0.230 e. The molecule has 1 amide bonds. The highest BCUT2D eigenvalue weighted by molar-refractivity contribution is 7.99. The van der Waals surface area contributed by atoms with Crippen LogP contribution in [0, 0.1) is 0 Å². The topological polar surface area (TPSA) is 41.6 Å². The van der Waals surface area contributed by atoms with Gasteiger partial charge in [-0.2, -0.15) is 0 Å². The van der Waals surface area contributed by atoms with Gasteiger partial charge in [0.25, 0.3) is 0 Å². The summed E-state index contributed by atoms with van der Waals surface area (Å²) in [6.45, 7) is 5.13. The largest absolute Gasteiger partial charge is 0.379 e. The van der Waals surface area contributed by atoms with Crippen LogP contribution in [0.4, 0.5) is 0 Å². The van der Waals surface area contributed by atoms with Crippen molar-refractivity contribution >= 4 is 29.3 Å². The number of amides is 1. The second kappa shape index (κ2) is 10.7. The summed E-state index contributed by atoms with van der Waals surface area (Å²) < 4.78 is 5.38. The molecule has 1 aliphatic heterocycles. The molecule has 27 heavy (non-hydrogen) atoms. The highest BCUT2D eigenvalue weighted by Gasteiger charge is 2.10. The fourth-order valence-corrected chi connectivity index (χ4v) is 4.04. The first-order valence-corrected chi connectivity index (χ1v) is 10.7. The second-order valence-corrected chi connectivity index (χ2v) is 7.96. The highest BCUT2D eigenvalue weighted by atomic mass is 35.5. The molecule has 1 aliphatic rings. The van der Waals surface area contributed by atoms with E-state index in [9.17, 15) is 4.79 Å². The summed E-state index contributed by atoms with van der Waals surface area (Å²) in [5.41, 5.74) is 3.47. The molecule has 0 atom stereocenters. The number of nitrogens with one attached hydrogen (secondary N) is 1. The minimum atomic E-state index is 0.0458. The van der Waals surface area contributed by atoms with Gasteiger partial charge in [-0.05, 0) is 22.8 Å². The molecule has 6 heteroatoms. The minimum absolute atomic E-state index is 0.0458. The van der Waals surface area contributed by atoms with Gasteiger partial charge in [0.1, 0.15) is 0 Å². The zero-order chi connectivity index (χ0) is 18.9. The standard InChI is InChI=1S/C21H25ClN2O2S/c22-20-4-2-1-3-19(20)15-27-16-21(25)23-13-17-5-7-18(8-6-17)14-24-9-11-26-12-10-24/h1-8H,9-16H2,(H,23,25). The third-order valence-corrected chi connectivity index (χ3v) is 5.82.